The zero-order valence-corrected chi connectivity index (χ0v) is 13.7. The molecule has 0 fully saturated rings. The van der Waals surface area contributed by atoms with Crippen molar-refractivity contribution in [2.45, 2.75) is 14.7 Å². The van der Waals surface area contributed by atoms with Crippen LogP contribution in [-0.4, -0.2) is 20.9 Å². The van der Waals surface area contributed by atoms with E-state index in [0.717, 1.165) is 0 Å². The third-order valence-corrected chi connectivity index (χ3v) is 8.67. The lowest BCUT2D eigenvalue weighted by molar-refractivity contribution is 0.191. The van der Waals surface area contributed by atoms with Gasteiger partial charge >= 0.3 is 0 Å². The van der Waals surface area contributed by atoms with Gasteiger partial charge in [0.1, 0.15) is 6.10 Å². The highest BCUT2D eigenvalue weighted by atomic mass is 127. The van der Waals surface area contributed by atoms with Gasteiger partial charge in [0.05, 0.1) is 0 Å². The molecule has 0 unspecified atom stereocenters. The summed E-state index contributed by atoms with van der Waals surface area (Å²) in [6, 6.07) is 6.55. The molecule has 0 aromatic heterocycles. The maximum absolute atomic E-state index is 11.9. The van der Waals surface area contributed by atoms with Crippen LogP contribution in [0, 0.1) is 0 Å². The number of halogens is 2. The van der Waals surface area contributed by atoms with Gasteiger partial charge in [-0.2, -0.15) is 0 Å². The fourth-order valence-electron chi connectivity index (χ4n) is 1.29. The van der Waals surface area contributed by atoms with Crippen LogP contribution in [0.3, 0.4) is 0 Å². The average Bonchev–Trinajstić information content (AvgIpc) is 2.27. The van der Waals surface area contributed by atoms with E-state index in [0.29, 0.717) is 11.3 Å². The van der Waals surface area contributed by atoms with Gasteiger partial charge in [-0.1, -0.05) is 35.0 Å². The van der Waals surface area contributed by atoms with E-state index in [4.69, 9.17) is 5.73 Å². The monoisotopic (exact) mass is 433 g/mol. The number of aliphatic hydroxyl groups excluding tert-OH is 1. The van der Waals surface area contributed by atoms with E-state index in [1.165, 1.54) is 6.92 Å². The third-order valence-electron chi connectivity index (χ3n) is 2.34. The molecule has 0 bridgehead atoms. The summed E-state index contributed by atoms with van der Waals surface area (Å²) in [5.74, 6) is -0.0550. The normalized spacial score (nSPS) is 17.4. The molecule has 0 saturated carbocycles. The van der Waals surface area contributed by atoms with Gasteiger partial charge in [0.25, 0.3) is 0 Å². The van der Waals surface area contributed by atoms with Crippen LogP contribution >= 0.6 is 38.5 Å². The SMILES string of the molecule is CCS(=O)(=O)[C@](Br)(I)[C@H](O)c1cccc(N)c1. The van der Waals surface area contributed by atoms with Gasteiger partial charge in [-0.15, -0.1) is 0 Å². The summed E-state index contributed by atoms with van der Waals surface area (Å²) in [5.41, 5.74) is 6.55. The standard InChI is InChI=1S/C10H13BrINO3S/c1-2-17(15,16)10(11,12)9(14)7-4-3-5-8(13)6-7/h3-6,9,14H,2,13H2,1H3/t9-,10-/m1/s1. The number of benzene rings is 1. The largest absolute Gasteiger partial charge is 0.399 e. The topological polar surface area (TPSA) is 80.4 Å². The van der Waals surface area contributed by atoms with Gasteiger partial charge in [0, 0.05) is 11.4 Å². The van der Waals surface area contributed by atoms with Gasteiger partial charge in [-0.05, 0) is 40.3 Å². The first-order chi connectivity index (χ1) is 7.72. The van der Waals surface area contributed by atoms with E-state index in [9.17, 15) is 13.5 Å². The number of nitrogens with two attached hydrogens (primary N) is 1. The van der Waals surface area contributed by atoms with E-state index in [-0.39, 0.29) is 5.75 Å². The summed E-state index contributed by atoms with van der Waals surface area (Å²) in [6.07, 6.45) is -1.18. The zero-order chi connectivity index (χ0) is 13.3. The van der Waals surface area contributed by atoms with Gasteiger partial charge in [-0.25, -0.2) is 8.42 Å². The van der Waals surface area contributed by atoms with Gasteiger partial charge in [0.15, 0.2) is 9.84 Å². The highest BCUT2D eigenvalue weighted by molar-refractivity contribution is 14.1. The molecule has 17 heavy (non-hydrogen) atoms. The molecule has 0 spiro atoms. The van der Waals surface area contributed by atoms with E-state index >= 15 is 0 Å². The van der Waals surface area contributed by atoms with Gasteiger partial charge in [0.2, 0.25) is 1.66 Å². The van der Waals surface area contributed by atoms with E-state index in [1.54, 1.807) is 46.9 Å². The van der Waals surface area contributed by atoms with Crippen LogP contribution in [-0.2, 0) is 9.84 Å². The Kier molecular flexibility index (Phi) is 4.84. The smallest absolute Gasteiger partial charge is 0.207 e. The summed E-state index contributed by atoms with van der Waals surface area (Å²) in [6.45, 7) is 1.54. The maximum atomic E-state index is 11.9. The van der Waals surface area contributed by atoms with Crippen LogP contribution in [0.5, 0.6) is 0 Å². The first-order valence-electron chi connectivity index (χ1n) is 4.86. The molecule has 0 saturated heterocycles. The Morgan fingerprint density at radius 2 is 2.18 bits per heavy atom. The fourth-order valence-corrected chi connectivity index (χ4v) is 4.39. The van der Waals surface area contributed by atoms with Crippen molar-refractivity contribution in [3.05, 3.63) is 29.8 Å². The van der Waals surface area contributed by atoms with Crippen molar-refractivity contribution in [3.63, 3.8) is 0 Å². The third kappa shape index (κ3) is 3.12. The molecule has 3 N–H and O–H groups in total. The number of nitrogen functional groups attached to an aromatic ring is 1. The minimum Gasteiger partial charge on any atom is -0.399 e. The Hall–Kier alpha value is 0.140. The second kappa shape index (κ2) is 5.41. The first kappa shape index (κ1) is 15.2. The minimum absolute atomic E-state index is 0.0550. The van der Waals surface area contributed by atoms with Gasteiger partial charge < -0.3 is 10.8 Å². The maximum Gasteiger partial charge on any atom is 0.207 e. The van der Waals surface area contributed by atoms with Crippen molar-refractivity contribution in [1.29, 1.82) is 0 Å². The highest BCUT2D eigenvalue weighted by Gasteiger charge is 2.45. The number of sulfone groups is 1. The van der Waals surface area contributed by atoms with Crippen molar-refractivity contribution in [1.82, 2.24) is 0 Å². The number of anilines is 1. The highest BCUT2D eigenvalue weighted by Crippen LogP contribution is 2.45. The fraction of sp³-hybridized carbons (Fsp3) is 0.400. The number of alkyl halides is 2. The molecule has 1 rings (SSSR count). The first-order valence-corrected chi connectivity index (χ1v) is 8.38. The van der Waals surface area contributed by atoms with Crippen LogP contribution in [0.1, 0.15) is 18.6 Å². The van der Waals surface area contributed by atoms with Crippen molar-refractivity contribution < 1.29 is 13.5 Å². The van der Waals surface area contributed by atoms with Gasteiger partial charge in [-0.3, -0.25) is 0 Å². The van der Waals surface area contributed by atoms with Crippen LogP contribution in [0.15, 0.2) is 24.3 Å². The van der Waals surface area contributed by atoms with Crippen LogP contribution < -0.4 is 5.73 Å². The number of aliphatic hydroxyl groups is 1. The Bertz CT molecular complexity index is 504. The summed E-state index contributed by atoms with van der Waals surface area (Å²) in [5, 5.41) is 10.2. The lowest BCUT2D eigenvalue weighted by atomic mass is 10.1. The average molecular weight is 434 g/mol. The zero-order valence-electron chi connectivity index (χ0n) is 9.10. The Morgan fingerprint density at radius 3 is 2.65 bits per heavy atom. The van der Waals surface area contributed by atoms with Crippen LogP contribution in [0.4, 0.5) is 5.69 Å². The predicted molar refractivity (Wildman–Crippen MR) is 81.0 cm³/mol. The summed E-state index contributed by atoms with van der Waals surface area (Å²) in [7, 11) is -3.45. The molecule has 0 amide bonds. The molecular weight excluding hydrogens is 421 g/mol. The van der Waals surface area contributed by atoms with Crippen molar-refractivity contribution in [3.8, 4) is 0 Å². The lowest BCUT2D eigenvalue weighted by Gasteiger charge is -2.26. The van der Waals surface area contributed by atoms with Crippen molar-refractivity contribution in [2.24, 2.45) is 0 Å². The molecule has 0 aliphatic carbocycles. The molecule has 0 aliphatic heterocycles. The molecule has 7 heteroatoms. The predicted octanol–water partition coefficient (Wildman–Crippen LogP) is 2.22. The molecule has 1 aromatic carbocycles. The molecule has 4 nitrogen and oxygen atoms in total. The van der Waals surface area contributed by atoms with E-state index < -0.39 is 17.6 Å². The second-order valence-electron chi connectivity index (χ2n) is 3.54. The summed E-state index contributed by atoms with van der Waals surface area (Å²) < 4.78 is 22.3. The van der Waals surface area contributed by atoms with E-state index in [1.807, 2.05) is 0 Å². The summed E-state index contributed by atoms with van der Waals surface area (Å²) in [4.78, 5) is 0. The Balaban J connectivity index is 3.17. The van der Waals surface area contributed by atoms with Crippen LogP contribution in [0.25, 0.3) is 0 Å². The molecule has 0 heterocycles. The Labute approximate surface area is 123 Å². The number of hydrogen-bond donors (Lipinski definition) is 2. The van der Waals surface area contributed by atoms with Crippen LogP contribution in [0.2, 0.25) is 0 Å². The Morgan fingerprint density at radius 1 is 1.59 bits per heavy atom. The molecular formula is C10H13BrINO3S. The number of hydrogen-bond acceptors (Lipinski definition) is 4. The molecule has 2 atom stereocenters. The molecule has 0 radical (unpaired) electrons. The van der Waals surface area contributed by atoms with Crippen molar-refractivity contribution in [2.75, 3.05) is 11.5 Å². The molecule has 1 aromatic rings. The quantitative estimate of drug-likeness (QED) is 0.433. The second-order valence-corrected chi connectivity index (χ2v) is 11.7. The lowest BCUT2D eigenvalue weighted by Crippen LogP contribution is -2.33. The molecule has 0 aliphatic rings. The molecule has 96 valence electrons. The number of rotatable bonds is 4. The van der Waals surface area contributed by atoms with Crippen molar-refractivity contribution >= 4 is 54.0 Å². The summed E-state index contributed by atoms with van der Waals surface area (Å²) >= 11 is 4.80. The minimum atomic E-state index is -3.45. The van der Waals surface area contributed by atoms with E-state index in [2.05, 4.69) is 15.9 Å².